The number of hydrogen-bond donors (Lipinski definition) is 0. The Morgan fingerprint density at radius 2 is 1.62 bits per heavy atom. The van der Waals surface area contributed by atoms with Gasteiger partial charge >= 0.3 is 13.6 Å². The molecule has 7 heteroatoms. The lowest BCUT2D eigenvalue weighted by Gasteiger charge is -2.23. The number of methoxy groups -OCH3 is 1. The van der Waals surface area contributed by atoms with E-state index in [2.05, 4.69) is 0 Å². The molecule has 0 aliphatic heterocycles. The van der Waals surface area contributed by atoms with Crippen LogP contribution in [0.1, 0.15) is 21.8 Å². The number of hydrogen-bond acceptors (Lipinski definition) is 6. The molecule has 24 heavy (non-hydrogen) atoms. The Balaban J connectivity index is 2.25. The summed E-state index contributed by atoms with van der Waals surface area (Å²) in [7, 11) is 0.487. The van der Waals surface area contributed by atoms with Crippen LogP contribution < -0.4 is 4.74 Å². The van der Waals surface area contributed by atoms with Crippen molar-refractivity contribution in [1.29, 1.82) is 0 Å². The molecule has 2 aromatic rings. The predicted molar refractivity (Wildman–Crippen MR) is 89.2 cm³/mol. The van der Waals surface area contributed by atoms with E-state index in [0.717, 1.165) is 0 Å². The maximum Gasteiger partial charge on any atom is 0.363 e. The van der Waals surface area contributed by atoms with Gasteiger partial charge in [0.2, 0.25) is 0 Å². The molecule has 0 radical (unpaired) electrons. The van der Waals surface area contributed by atoms with Crippen molar-refractivity contribution in [3.8, 4) is 5.75 Å². The summed E-state index contributed by atoms with van der Waals surface area (Å²) >= 11 is 0. The van der Waals surface area contributed by atoms with E-state index in [9.17, 15) is 9.36 Å². The zero-order valence-corrected chi connectivity index (χ0v) is 14.6. The minimum absolute atomic E-state index is 0.308. The van der Waals surface area contributed by atoms with E-state index in [-0.39, 0.29) is 0 Å². The average Bonchev–Trinajstić information content (AvgIpc) is 2.63. The Labute approximate surface area is 140 Å². The quantitative estimate of drug-likeness (QED) is 0.426. The van der Waals surface area contributed by atoms with Crippen LogP contribution in [0.2, 0.25) is 0 Å². The fourth-order valence-corrected chi connectivity index (χ4v) is 3.50. The first-order valence-electron chi connectivity index (χ1n) is 7.15. The van der Waals surface area contributed by atoms with E-state index in [0.29, 0.717) is 16.9 Å². The van der Waals surface area contributed by atoms with Gasteiger partial charge in [-0.25, -0.2) is 4.79 Å². The molecule has 0 aliphatic carbocycles. The Bertz CT molecular complexity index is 723. The summed E-state index contributed by atoms with van der Waals surface area (Å²) in [5.74, 6) is -1.10. The second-order valence-corrected chi connectivity index (χ2v) is 7.10. The molecule has 6 nitrogen and oxygen atoms in total. The first-order chi connectivity index (χ1) is 11.5. The minimum Gasteiger partial charge on any atom is -0.423 e. The Kier molecular flexibility index (Phi) is 6.29. The molecule has 0 saturated heterocycles. The molecule has 0 aromatic heterocycles. The molecular weight excluding hydrogens is 331 g/mol. The topological polar surface area (TPSA) is 71.1 Å². The lowest BCUT2D eigenvalue weighted by molar-refractivity contribution is 0.0734. The lowest BCUT2D eigenvalue weighted by atomic mass is 10.2. The zero-order chi connectivity index (χ0) is 17.6. The first kappa shape index (κ1) is 18.4. The van der Waals surface area contributed by atoms with Crippen molar-refractivity contribution in [2.45, 2.75) is 5.85 Å². The average molecular weight is 350 g/mol. The minimum atomic E-state index is -3.49. The fourth-order valence-electron chi connectivity index (χ4n) is 2.19. The zero-order valence-electron chi connectivity index (χ0n) is 13.7. The number of esters is 1. The van der Waals surface area contributed by atoms with E-state index in [1.54, 1.807) is 48.5 Å². The van der Waals surface area contributed by atoms with Gasteiger partial charge in [0.05, 0.1) is 5.56 Å². The van der Waals surface area contributed by atoms with Crippen LogP contribution >= 0.6 is 7.60 Å². The van der Waals surface area contributed by atoms with Crippen LogP contribution in [-0.4, -0.2) is 27.3 Å². The Hall–Kier alpha value is -1.98. The first-order valence-corrected chi connectivity index (χ1v) is 8.76. The van der Waals surface area contributed by atoms with E-state index in [1.165, 1.54) is 21.3 Å². The molecule has 128 valence electrons. The highest BCUT2D eigenvalue weighted by atomic mass is 31.2. The molecule has 2 rings (SSSR count). The lowest BCUT2D eigenvalue weighted by Crippen LogP contribution is -2.09. The molecule has 1 atom stereocenters. The van der Waals surface area contributed by atoms with Crippen molar-refractivity contribution in [3.63, 3.8) is 0 Å². The highest BCUT2D eigenvalue weighted by Gasteiger charge is 2.35. The van der Waals surface area contributed by atoms with Crippen molar-refractivity contribution in [1.82, 2.24) is 0 Å². The van der Waals surface area contributed by atoms with Gasteiger partial charge in [-0.1, -0.05) is 30.3 Å². The molecule has 0 bridgehead atoms. The normalized spacial score (nSPS) is 12.6. The van der Waals surface area contributed by atoms with E-state index >= 15 is 0 Å². The highest BCUT2D eigenvalue weighted by molar-refractivity contribution is 7.54. The van der Waals surface area contributed by atoms with Crippen LogP contribution in [0.25, 0.3) is 0 Å². The van der Waals surface area contributed by atoms with Gasteiger partial charge < -0.3 is 18.5 Å². The van der Waals surface area contributed by atoms with Gasteiger partial charge in [-0.3, -0.25) is 4.57 Å². The summed E-state index contributed by atoms with van der Waals surface area (Å²) in [6.07, 6.45) is 0. The number of carbonyl (C=O) groups excluding carboxylic acids is 1. The predicted octanol–water partition coefficient (Wildman–Crippen LogP) is 4.04. The molecule has 0 N–H and O–H groups in total. The van der Waals surface area contributed by atoms with Gasteiger partial charge in [0.15, 0.2) is 5.85 Å². The highest BCUT2D eigenvalue weighted by Crippen LogP contribution is 2.60. The Morgan fingerprint density at radius 3 is 2.21 bits per heavy atom. The van der Waals surface area contributed by atoms with Gasteiger partial charge in [-0.05, 0) is 29.8 Å². The summed E-state index contributed by atoms with van der Waals surface area (Å²) in [6, 6.07) is 15.2. The van der Waals surface area contributed by atoms with Crippen molar-refractivity contribution in [2.24, 2.45) is 0 Å². The summed E-state index contributed by atoms with van der Waals surface area (Å²) in [5.41, 5.74) is 0.952. The Morgan fingerprint density at radius 1 is 0.958 bits per heavy atom. The van der Waals surface area contributed by atoms with Crippen molar-refractivity contribution in [2.75, 3.05) is 21.3 Å². The van der Waals surface area contributed by atoms with Crippen molar-refractivity contribution >= 4 is 13.6 Å². The summed E-state index contributed by atoms with van der Waals surface area (Å²) < 4.78 is 33.2. The monoisotopic (exact) mass is 350 g/mol. The third-order valence-electron chi connectivity index (χ3n) is 3.38. The second-order valence-electron chi connectivity index (χ2n) is 4.82. The molecule has 0 amide bonds. The molecular formula is C17H19O6P. The van der Waals surface area contributed by atoms with Crippen LogP contribution in [0.3, 0.4) is 0 Å². The van der Waals surface area contributed by atoms with Crippen molar-refractivity contribution in [3.05, 3.63) is 65.7 Å². The van der Waals surface area contributed by atoms with E-state index < -0.39 is 19.4 Å². The standard InChI is InChI=1S/C17H19O6P/c1-20-17(24(19,21-2)22-3)14-10-7-11-15(12-14)23-16(18)13-8-5-4-6-9-13/h4-12,17H,1-3H3. The van der Waals surface area contributed by atoms with Crippen LogP contribution in [0.4, 0.5) is 0 Å². The maximum absolute atomic E-state index is 12.6. The van der Waals surface area contributed by atoms with Gasteiger partial charge in [-0.15, -0.1) is 0 Å². The summed E-state index contributed by atoms with van der Waals surface area (Å²) in [5, 5.41) is 0. The second kappa shape index (κ2) is 8.22. The molecule has 0 aliphatic rings. The van der Waals surface area contributed by atoms with Crippen LogP contribution in [0, 0.1) is 0 Å². The third kappa shape index (κ3) is 4.10. The fraction of sp³-hybridized carbons (Fsp3) is 0.235. The van der Waals surface area contributed by atoms with Gasteiger partial charge in [0.25, 0.3) is 0 Å². The van der Waals surface area contributed by atoms with Crippen LogP contribution in [-0.2, 0) is 18.3 Å². The van der Waals surface area contributed by atoms with Crippen LogP contribution in [0.5, 0.6) is 5.75 Å². The van der Waals surface area contributed by atoms with E-state index in [1.807, 2.05) is 6.07 Å². The number of rotatable bonds is 7. The van der Waals surface area contributed by atoms with Gasteiger partial charge in [-0.2, -0.15) is 0 Å². The molecule has 0 spiro atoms. The van der Waals surface area contributed by atoms with Crippen molar-refractivity contribution < 1.29 is 27.9 Å². The molecule has 0 heterocycles. The summed E-state index contributed by atoms with van der Waals surface area (Å²) in [6.45, 7) is 0. The van der Waals surface area contributed by atoms with Gasteiger partial charge in [0.1, 0.15) is 5.75 Å². The number of benzene rings is 2. The summed E-state index contributed by atoms with van der Waals surface area (Å²) in [4.78, 5) is 12.1. The number of ether oxygens (including phenoxy) is 2. The van der Waals surface area contributed by atoms with E-state index in [4.69, 9.17) is 18.5 Å². The molecule has 1 unspecified atom stereocenters. The molecule has 0 fully saturated rings. The van der Waals surface area contributed by atoms with Crippen LogP contribution in [0.15, 0.2) is 54.6 Å². The third-order valence-corrected chi connectivity index (χ3v) is 5.48. The number of carbonyl (C=O) groups is 1. The maximum atomic E-state index is 12.6. The largest absolute Gasteiger partial charge is 0.423 e. The van der Waals surface area contributed by atoms with Gasteiger partial charge in [0, 0.05) is 21.3 Å². The molecule has 0 saturated carbocycles. The molecule has 2 aromatic carbocycles. The smallest absolute Gasteiger partial charge is 0.363 e. The SMILES string of the molecule is COC(c1cccc(OC(=O)c2ccccc2)c1)P(=O)(OC)OC.